The van der Waals surface area contributed by atoms with Crippen molar-refractivity contribution in [2.24, 2.45) is 5.92 Å². The molecule has 1 aromatic heterocycles. The molecule has 3 rings (SSSR count). The van der Waals surface area contributed by atoms with E-state index in [1.54, 1.807) is 31.2 Å². The Labute approximate surface area is 178 Å². The molecule has 1 saturated carbocycles. The van der Waals surface area contributed by atoms with Crippen LogP contribution in [0, 0.1) is 19.8 Å². The van der Waals surface area contributed by atoms with Gasteiger partial charge < -0.3 is 15.4 Å². The van der Waals surface area contributed by atoms with Gasteiger partial charge >= 0.3 is 5.97 Å². The van der Waals surface area contributed by atoms with Crippen molar-refractivity contribution in [3.63, 3.8) is 0 Å². The van der Waals surface area contributed by atoms with Gasteiger partial charge in [-0.3, -0.25) is 14.4 Å². The molecule has 2 N–H and O–H groups in total. The summed E-state index contributed by atoms with van der Waals surface area (Å²) in [6, 6.07) is 6.45. The molecule has 0 radical (unpaired) electrons. The van der Waals surface area contributed by atoms with E-state index in [-0.39, 0.29) is 23.2 Å². The third kappa shape index (κ3) is 4.94. The summed E-state index contributed by atoms with van der Waals surface area (Å²) >= 11 is 1.32. The van der Waals surface area contributed by atoms with Crippen LogP contribution in [0.3, 0.4) is 0 Å². The molecule has 7 nitrogen and oxygen atoms in total. The Bertz CT molecular complexity index is 1010. The van der Waals surface area contributed by atoms with Crippen LogP contribution in [0.4, 0.5) is 10.7 Å². The number of hydrogen-bond donors (Lipinski definition) is 2. The van der Waals surface area contributed by atoms with E-state index in [4.69, 9.17) is 4.74 Å². The van der Waals surface area contributed by atoms with Crippen LogP contribution in [-0.4, -0.2) is 29.7 Å². The normalized spacial score (nSPS) is 14.0. The smallest absolute Gasteiger partial charge is 0.342 e. The number of benzene rings is 1. The Kier molecular flexibility index (Phi) is 6.36. The second-order valence-corrected chi connectivity index (χ2v) is 8.65. The van der Waals surface area contributed by atoms with Crippen LogP contribution in [0.5, 0.6) is 0 Å². The number of amides is 2. The van der Waals surface area contributed by atoms with Gasteiger partial charge in [-0.1, -0.05) is 0 Å². The van der Waals surface area contributed by atoms with Gasteiger partial charge in [0.1, 0.15) is 5.00 Å². The van der Waals surface area contributed by atoms with Crippen molar-refractivity contribution in [2.75, 3.05) is 10.6 Å². The summed E-state index contributed by atoms with van der Waals surface area (Å²) in [7, 11) is 0. The van der Waals surface area contributed by atoms with Gasteiger partial charge in [-0.2, -0.15) is 0 Å². The van der Waals surface area contributed by atoms with Gasteiger partial charge in [0.05, 0.1) is 5.56 Å². The van der Waals surface area contributed by atoms with Crippen LogP contribution < -0.4 is 10.6 Å². The lowest BCUT2D eigenvalue weighted by Gasteiger charge is -2.14. The van der Waals surface area contributed by atoms with E-state index < -0.39 is 18.0 Å². The van der Waals surface area contributed by atoms with Crippen LogP contribution in [0.2, 0.25) is 0 Å². The minimum absolute atomic E-state index is 0.00988. The summed E-state index contributed by atoms with van der Waals surface area (Å²) in [4.78, 5) is 49.6. The molecule has 0 spiro atoms. The van der Waals surface area contributed by atoms with Gasteiger partial charge in [0.2, 0.25) is 5.91 Å². The maximum atomic E-state index is 12.8. The Morgan fingerprint density at radius 2 is 1.70 bits per heavy atom. The van der Waals surface area contributed by atoms with E-state index in [2.05, 4.69) is 10.6 Å². The van der Waals surface area contributed by atoms with Crippen LogP contribution in [0.25, 0.3) is 0 Å². The number of hydrogen-bond acceptors (Lipinski definition) is 6. The lowest BCUT2D eigenvalue weighted by molar-refractivity contribution is -0.123. The summed E-state index contributed by atoms with van der Waals surface area (Å²) in [6.07, 6.45) is 0.676. The number of esters is 1. The fourth-order valence-corrected chi connectivity index (χ4v) is 3.88. The number of thiophene rings is 1. The van der Waals surface area contributed by atoms with Crippen LogP contribution in [0.1, 0.15) is 57.8 Å². The van der Waals surface area contributed by atoms with E-state index in [1.807, 2.05) is 6.92 Å². The summed E-state index contributed by atoms with van der Waals surface area (Å²) in [6.45, 7) is 6.60. The Hall–Kier alpha value is -3.00. The Morgan fingerprint density at radius 1 is 1.07 bits per heavy atom. The van der Waals surface area contributed by atoms with Crippen molar-refractivity contribution < 1.29 is 23.9 Å². The number of aryl methyl sites for hydroxylation is 1. The number of carbonyl (C=O) groups is 4. The first kappa shape index (κ1) is 21.7. The highest BCUT2D eigenvalue weighted by Gasteiger charge is 2.32. The molecule has 1 heterocycles. The number of rotatable bonds is 7. The van der Waals surface area contributed by atoms with E-state index in [0.29, 0.717) is 16.3 Å². The lowest BCUT2D eigenvalue weighted by atomic mass is 10.1. The fraction of sp³-hybridized carbons (Fsp3) is 0.364. The fourth-order valence-electron chi connectivity index (χ4n) is 2.83. The number of Topliss-reactive ketones (excluding diaryl/α,β-unsaturated/α-hetero) is 1. The molecule has 2 aromatic rings. The molecule has 0 bridgehead atoms. The largest absolute Gasteiger partial charge is 0.449 e. The molecule has 158 valence electrons. The van der Waals surface area contributed by atoms with Crippen molar-refractivity contribution in [2.45, 2.75) is 46.6 Å². The van der Waals surface area contributed by atoms with Crippen LogP contribution >= 0.6 is 11.3 Å². The lowest BCUT2D eigenvalue weighted by Crippen LogP contribution is -2.30. The van der Waals surface area contributed by atoms with Crippen molar-refractivity contribution in [3.05, 3.63) is 45.8 Å². The van der Waals surface area contributed by atoms with Crippen molar-refractivity contribution in [1.29, 1.82) is 0 Å². The highest BCUT2D eigenvalue weighted by atomic mass is 32.1. The highest BCUT2D eigenvalue weighted by Crippen LogP contribution is 2.36. The summed E-state index contributed by atoms with van der Waals surface area (Å²) in [5, 5.41) is 5.94. The third-order valence-corrected chi connectivity index (χ3v) is 6.11. The topological polar surface area (TPSA) is 102 Å². The van der Waals surface area contributed by atoms with E-state index in [1.165, 1.54) is 25.2 Å². The molecular weight excluding hydrogens is 404 g/mol. The zero-order valence-corrected chi connectivity index (χ0v) is 18.1. The Morgan fingerprint density at radius 3 is 2.27 bits per heavy atom. The molecule has 8 heteroatoms. The van der Waals surface area contributed by atoms with Gasteiger partial charge in [0.25, 0.3) is 5.91 Å². The van der Waals surface area contributed by atoms with Gasteiger partial charge in [-0.15, -0.1) is 11.3 Å². The molecule has 0 aliphatic heterocycles. The van der Waals surface area contributed by atoms with Crippen molar-refractivity contribution >= 4 is 45.6 Å². The van der Waals surface area contributed by atoms with Crippen LogP contribution in [-0.2, 0) is 14.3 Å². The third-order valence-electron chi connectivity index (χ3n) is 4.99. The van der Waals surface area contributed by atoms with Gasteiger partial charge in [0.15, 0.2) is 11.9 Å². The molecule has 2 amide bonds. The van der Waals surface area contributed by atoms with Crippen LogP contribution in [0.15, 0.2) is 24.3 Å². The average Bonchev–Trinajstić information content (AvgIpc) is 3.49. The predicted molar refractivity (Wildman–Crippen MR) is 115 cm³/mol. The zero-order chi connectivity index (χ0) is 22.0. The summed E-state index contributed by atoms with van der Waals surface area (Å²) in [5.41, 5.74) is 2.05. The number of anilines is 2. The van der Waals surface area contributed by atoms with Gasteiger partial charge in [0, 0.05) is 22.0 Å². The molecule has 30 heavy (non-hydrogen) atoms. The molecule has 1 fully saturated rings. The molecule has 0 saturated heterocycles. The molecule has 1 unspecified atom stereocenters. The SMILES string of the molecule is CC(=O)c1ccc(NC(=O)C(C)OC(=O)c2c(NC(=O)C3CC3)sc(C)c2C)cc1. The monoisotopic (exact) mass is 428 g/mol. The maximum Gasteiger partial charge on any atom is 0.342 e. The van der Waals surface area contributed by atoms with Gasteiger partial charge in [-0.05, 0) is 70.4 Å². The quantitative estimate of drug-likeness (QED) is 0.511. The first-order valence-electron chi connectivity index (χ1n) is 9.71. The zero-order valence-electron chi connectivity index (χ0n) is 17.3. The first-order valence-corrected chi connectivity index (χ1v) is 10.5. The highest BCUT2D eigenvalue weighted by molar-refractivity contribution is 7.16. The second-order valence-electron chi connectivity index (χ2n) is 7.42. The van der Waals surface area contributed by atoms with E-state index in [0.717, 1.165) is 23.3 Å². The van der Waals surface area contributed by atoms with Crippen molar-refractivity contribution in [1.82, 2.24) is 0 Å². The predicted octanol–water partition coefficient (Wildman–Crippen LogP) is 4.10. The number of nitrogens with one attached hydrogen (secondary N) is 2. The standard InChI is InChI=1S/C22H24N2O5S/c1-11-14(4)30-21(24-20(27)16-5-6-16)18(11)22(28)29-13(3)19(26)23-17-9-7-15(8-10-17)12(2)25/h7-10,13,16H,5-6H2,1-4H3,(H,23,26)(H,24,27). The Balaban J connectivity index is 1.66. The molecule has 1 aromatic carbocycles. The molecule has 1 atom stereocenters. The number of ketones is 1. The van der Waals surface area contributed by atoms with Gasteiger partial charge in [-0.25, -0.2) is 4.79 Å². The van der Waals surface area contributed by atoms with Crippen molar-refractivity contribution in [3.8, 4) is 0 Å². The molecule has 1 aliphatic rings. The van der Waals surface area contributed by atoms with E-state index in [9.17, 15) is 19.2 Å². The first-order chi connectivity index (χ1) is 14.2. The average molecular weight is 429 g/mol. The minimum atomic E-state index is -1.04. The summed E-state index contributed by atoms with van der Waals surface area (Å²) < 4.78 is 5.38. The summed E-state index contributed by atoms with van der Waals surface area (Å²) in [5.74, 6) is -1.30. The van der Waals surface area contributed by atoms with E-state index >= 15 is 0 Å². The molecular formula is C22H24N2O5S. The second kappa shape index (κ2) is 8.79. The molecule has 1 aliphatic carbocycles. The maximum absolute atomic E-state index is 12.8. The number of ether oxygens (including phenoxy) is 1. The number of carbonyl (C=O) groups excluding carboxylic acids is 4. The minimum Gasteiger partial charge on any atom is -0.449 e.